The van der Waals surface area contributed by atoms with Gasteiger partial charge in [0.1, 0.15) is 0 Å². The van der Waals surface area contributed by atoms with Crippen LogP contribution >= 0.6 is 0 Å². The Morgan fingerprint density at radius 3 is 1.50 bits per heavy atom. The molecule has 0 amide bonds. The van der Waals surface area contributed by atoms with Crippen molar-refractivity contribution >= 4 is 7.85 Å². The predicted molar refractivity (Wildman–Crippen MR) is 58.9 cm³/mol. The lowest BCUT2D eigenvalue weighted by Gasteiger charge is -2.29. The Bertz CT molecular complexity index is 73.9. The Morgan fingerprint density at radius 1 is 1.00 bits per heavy atom. The second-order valence-corrected chi connectivity index (χ2v) is 2.90. The lowest BCUT2D eigenvalue weighted by atomic mass is 9.65. The largest absolute Gasteiger partial charge is 0.317 e. The highest BCUT2D eigenvalue weighted by molar-refractivity contribution is 6.14. The van der Waals surface area contributed by atoms with Crippen LogP contribution in [0.25, 0.3) is 0 Å². The first-order valence-electron chi connectivity index (χ1n) is 5.20. The van der Waals surface area contributed by atoms with E-state index in [9.17, 15) is 0 Å². The molecule has 1 aliphatic heterocycles. The fourth-order valence-corrected chi connectivity index (χ4v) is 0.998. The molecular formula is C10H24BN. The maximum Gasteiger partial charge on any atom is 0.0743 e. The quantitative estimate of drug-likeness (QED) is 0.550. The third-order valence-corrected chi connectivity index (χ3v) is 1.75. The lowest BCUT2D eigenvalue weighted by molar-refractivity contribution is 0.421. The lowest BCUT2D eigenvalue weighted by Crippen LogP contribution is -2.30. The van der Waals surface area contributed by atoms with Gasteiger partial charge in [0.15, 0.2) is 0 Å². The van der Waals surface area contributed by atoms with Crippen LogP contribution in [0.4, 0.5) is 0 Å². The van der Waals surface area contributed by atoms with Crippen LogP contribution in [0.5, 0.6) is 0 Å². The molecule has 1 rings (SSSR count). The second kappa shape index (κ2) is 9.12. The van der Waals surface area contributed by atoms with Gasteiger partial charge >= 0.3 is 0 Å². The minimum absolute atomic E-state index is 0.116. The summed E-state index contributed by atoms with van der Waals surface area (Å²) < 4.78 is 0. The van der Waals surface area contributed by atoms with Crippen LogP contribution in [0, 0.1) is 0 Å². The van der Waals surface area contributed by atoms with E-state index in [1.807, 2.05) is 27.7 Å². The van der Waals surface area contributed by atoms with E-state index in [0.29, 0.717) is 0 Å². The second-order valence-electron chi connectivity index (χ2n) is 2.90. The zero-order valence-corrected chi connectivity index (χ0v) is 9.41. The summed E-state index contributed by atoms with van der Waals surface area (Å²) in [5, 5.41) is 3.38. The zero-order valence-electron chi connectivity index (χ0n) is 9.41. The van der Waals surface area contributed by atoms with E-state index >= 15 is 0 Å². The zero-order chi connectivity index (χ0) is 10.0. The van der Waals surface area contributed by atoms with Gasteiger partial charge < -0.3 is 5.32 Å². The normalized spacial score (nSPS) is 19.4. The summed E-state index contributed by atoms with van der Waals surface area (Å²) in [7, 11) is 5.84. The van der Waals surface area contributed by atoms with Gasteiger partial charge in [0.05, 0.1) is 7.85 Å². The van der Waals surface area contributed by atoms with Crippen molar-refractivity contribution < 1.29 is 0 Å². The van der Waals surface area contributed by atoms with E-state index in [2.05, 4.69) is 12.2 Å². The number of piperidine rings is 1. The molecule has 0 spiro atoms. The van der Waals surface area contributed by atoms with Gasteiger partial charge in [0, 0.05) is 0 Å². The van der Waals surface area contributed by atoms with Crippen molar-refractivity contribution in [2.24, 2.45) is 0 Å². The van der Waals surface area contributed by atoms with Gasteiger partial charge in [-0.15, -0.1) is 0 Å². The minimum atomic E-state index is 0.116. The van der Waals surface area contributed by atoms with Gasteiger partial charge in [-0.3, -0.25) is 0 Å². The van der Waals surface area contributed by atoms with Crippen LogP contribution in [0.1, 0.15) is 47.5 Å². The van der Waals surface area contributed by atoms with Crippen LogP contribution in [0.15, 0.2) is 0 Å². The topological polar surface area (TPSA) is 12.0 Å². The monoisotopic (exact) mass is 169 g/mol. The third-order valence-electron chi connectivity index (χ3n) is 1.75. The summed E-state index contributed by atoms with van der Waals surface area (Å²) in [6, 6.07) is 0. The summed E-state index contributed by atoms with van der Waals surface area (Å²) in [6.07, 6.45) is 2.24. The van der Waals surface area contributed by atoms with Gasteiger partial charge in [-0.05, 0) is 25.9 Å². The molecular weight excluding hydrogens is 145 g/mol. The van der Waals surface area contributed by atoms with Crippen molar-refractivity contribution in [1.82, 2.24) is 5.32 Å². The molecule has 0 aromatic rings. The van der Waals surface area contributed by atoms with Crippen LogP contribution in [-0.2, 0) is 0 Å². The van der Waals surface area contributed by atoms with E-state index in [1.165, 1.54) is 0 Å². The molecule has 1 fully saturated rings. The summed E-state index contributed by atoms with van der Waals surface area (Å²) >= 11 is 0. The smallest absolute Gasteiger partial charge is 0.0743 e. The van der Waals surface area contributed by atoms with Gasteiger partial charge in [-0.25, -0.2) is 0 Å². The molecule has 2 radical (unpaired) electrons. The minimum Gasteiger partial charge on any atom is -0.317 e. The van der Waals surface area contributed by atoms with Crippen molar-refractivity contribution in [1.29, 1.82) is 0 Å². The Balaban J connectivity index is 0. The predicted octanol–water partition coefficient (Wildman–Crippen LogP) is 2.77. The van der Waals surface area contributed by atoms with Crippen molar-refractivity contribution in [3.8, 4) is 0 Å². The average Bonchev–Trinajstić information content (AvgIpc) is 2.11. The number of nitrogens with one attached hydrogen (secondary N) is 1. The SMILES string of the molecule is CC.CC.[B]C1(C)CCNCC1. The Labute approximate surface area is 79.7 Å². The first-order chi connectivity index (χ1) is 5.71. The van der Waals surface area contributed by atoms with Crippen LogP contribution in [-0.4, -0.2) is 20.9 Å². The molecule has 1 saturated heterocycles. The van der Waals surface area contributed by atoms with E-state index in [0.717, 1.165) is 25.9 Å². The van der Waals surface area contributed by atoms with Gasteiger partial charge in [0.25, 0.3) is 0 Å². The molecule has 1 aliphatic rings. The molecule has 0 atom stereocenters. The number of rotatable bonds is 0. The molecule has 0 aliphatic carbocycles. The fraction of sp³-hybridized carbons (Fsp3) is 1.00. The maximum atomic E-state index is 5.84. The average molecular weight is 169 g/mol. The van der Waals surface area contributed by atoms with Crippen molar-refractivity contribution in [3.05, 3.63) is 0 Å². The molecule has 0 saturated carbocycles. The highest BCUT2D eigenvalue weighted by Crippen LogP contribution is 2.30. The third kappa shape index (κ3) is 8.12. The van der Waals surface area contributed by atoms with Crippen LogP contribution < -0.4 is 5.32 Å². The van der Waals surface area contributed by atoms with E-state index < -0.39 is 0 Å². The highest BCUT2D eigenvalue weighted by atomic mass is 14.9. The van der Waals surface area contributed by atoms with Crippen LogP contribution in [0.2, 0.25) is 5.31 Å². The molecule has 1 nitrogen and oxygen atoms in total. The first kappa shape index (κ1) is 14.5. The molecule has 0 aromatic carbocycles. The van der Waals surface area contributed by atoms with Crippen molar-refractivity contribution in [2.75, 3.05) is 13.1 Å². The van der Waals surface area contributed by atoms with Crippen molar-refractivity contribution in [2.45, 2.75) is 52.8 Å². The molecule has 1 heterocycles. The molecule has 0 bridgehead atoms. The fourth-order valence-electron chi connectivity index (χ4n) is 0.998. The Kier molecular flexibility index (Phi) is 11.0. The van der Waals surface area contributed by atoms with Gasteiger partial charge in [-0.2, -0.15) is 0 Å². The highest BCUT2D eigenvalue weighted by Gasteiger charge is 2.19. The molecule has 1 N–H and O–H groups in total. The summed E-state index contributed by atoms with van der Waals surface area (Å²) in [6.45, 7) is 12.3. The first-order valence-corrected chi connectivity index (χ1v) is 5.20. The van der Waals surface area contributed by atoms with E-state index in [4.69, 9.17) is 7.85 Å². The van der Waals surface area contributed by atoms with Gasteiger partial charge in [0.2, 0.25) is 0 Å². The number of hydrogen-bond acceptors (Lipinski definition) is 1. The van der Waals surface area contributed by atoms with E-state index in [-0.39, 0.29) is 5.31 Å². The van der Waals surface area contributed by atoms with E-state index in [1.54, 1.807) is 0 Å². The Hall–Kier alpha value is 0.0249. The Morgan fingerprint density at radius 2 is 1.33 bits per heavy atom. The molecule has 72 valence electrons. The summed E-state index contributed by atoms with van der Waals surface area (Å²) in [4.78, 5) is 0. The van der Waals surface area contributed by atoms with Gasteiger partial charge in [-0.1, -0.05) is 39.9 Å². The standard InChI is InChI=1S/C6H12BN.2C2H6/c1-6(7)2-4-8-5-3-6;2*1-2/h8H,2-5H2,1H3;2*1-2H3. The molecule has 0 aromatic heterocycles. The van der Waals surface area contributed by atoms with Crippen LogP contribution in [0.3, 0.4) is 0 Å². The maximum absolute atomic E-state index is 5.84. The van der Waals surface area contributed by atoms with Crippen molar-refractivity contribution in [3.63, 3.8) is 0 Å². The summed E-state index contributed by atoms with van der Waals surface area (Å²) in [5.41, 5.74) is 0. The number of hydrogen-bond donors (Lipinski definition) is 1. The molecule has 2 heteroatoms. The summed E-state index contributed by atoms with van der Waals surface area (Å²) in [5.74, 6) is 0. The molecule has 0 unspecified atom stereocenters. The molecule has 12 heavy (non-hydrogen) atoms.